The van der Waals surface area contributed by atoms with Crippen LogP contribution < -0.4 is 5.32 Å². The van der Waals surface area contributed by atoms with E-state index in [2.05, 4.69) is 10.3 Å². The van der Waals surface area contributed by atoms with E-state index in [1.54, 1.807) is 18.3 Å². The van der Waals surface area contributed by atoms with E-state index in [4.69, 9.17) is 0 Å². The van der Waals surface area contributed by atoms with Crippen molar-refractivity contribution in [3.05, 3.63) is 35.9 Å². The van der Waals surface area contributed by atoms with Gasteiger partial charge in [0.15, 0.2) is 0 Å². The summed E-state index contributed by atoms with van der Waals surface area (Å²) in [5.41, 5.74) is 1.29. The molecule has 0 saturated heterocycles. The van der Waals surface area contributed by atoms with Gasteiger partial charge in [-0.25, -0.2) is 4.39 Å². The van der Waals surface area contributed by atoms with Gasteiger partial charge >= 0.3 is 0 Å². The predicted octanol–water partition coefficient (Wildman–Crippen LogP) is 0.568. The Hall–Kier alpha value is -1.26. The Morgan fingerprint density at radius 1 is 1.57 bits per heavy atom. The summed E-state index contributed by atoms with van der Waals surface area (Å²) in [5, 5.41) is 12.4. The van der Waals surface area contributed by atoms with Crippen molar-refractivity contribution in [3.8, 4) is 0 Å². The molecule has 0 fully saturated rings. The first kappa shape index (κ1) is 9.30. The second-order valence-corrected chi connectivity index (χ2v) is 3.25. The number of rotatable bonds is 1. The summed E-state index contributed by atoms with van der Waals surface area (Å²) in [7, 11) is 0. The minimum atomic E-state index is -0.536. The number of hydrogen-bond acceptors (Lipinski definition) is 3. The Morgan fingerprint density at radius 3 is 3.14 bits per heavy atom. The van der Waals surface area contributed by atoms with Crippen LogP contribution in [0.2, 0.25) is 0 Å². The highest BCUT2D eigenvalue weighted by molar-refractivity contribution is 5.68. The van der Waals surface area contributed by atoms with Crippen molar-refractivity contribution in [1.29, 1.82) is 0 Å². The lowest BCUT2D eigenvalue weighted by Gasteiger charge is -2.18. The van der Waals surface area contributed by atoms with E-state index in [0.717, 1.165) is 5.57 Å². The van der Waals surface area contributed by atoms with Crippen LogP contribution in [0.5, 0.6) is 0 Å². The van der Waals surface area contributed by atoms with E-state index in [9.17, 15) is 9.50 Å². The predicted molar refractivity (Wildman–Crippen MR) is 51.0 cm³/mol. The van der Waals surface area contributed by atoms with Crippen molar-refractivity contribution in [3.63, 3.8) is 0 Å². The van der Waals surface area contributed by atoms with E-state index in [-0.39, 0.29) is 5.82 Å². The van der Waals surface area contributed by atoms with Crippen LogP contribution in [0.1, 0.15) is 5.56 Å². The zero-order valence-corrected chi connectivity index (χ0v) is 7.57. The fraction of sp³-hybridized carbons (Fsp3) is 0.300. The lowest BCUT2D eigenvalue weighted by atomic mass is 10.0. The summed E-state index contributed by atoms with van der Waals surface area (Å²) in [6, 6.07) is 1.61. The quantitative estimate of drug-likeness (QED) is 0.687. The molecule has 4 heteroatoms. The lowest BCUT2D eigenvalue weighted by Crippen LogP contribution is -2.31. The van der Waals surface area contributed by atoms with Gasteiger partial charge in [-0.05, 0) is 17.7 Å². The number of aliphatic hydroxyl groups excluding tert-OH is 1. The van der Waals surface area contributed by atoms with Gasteiger partial charge in [0.25, 0.3) is 0 Å². The summed E-state index contributed by atoms with van der Waals surface area (Å²) < 4.78 is 13.3. The highest BCUT2D eigenvalue weighted by Crippen LogP contribution is 2.18. The van der Waals surface area contributed by atoms with Gasteiger partial charge in [-0.2, -0.15) is 0 Å². The molecule has 0 bridgehead atoms. The van der Waals surface area contributed by atoms with Gasteiger partial charge in [0.2, 0.25) is 0 Å². The van der Waals surface area contributed by atoms with E-state index in [1.807, 2.05) is 0 Å². The summed E-state index contributed by atoms with van der Waals surface area (Å²) >= 11 is 0. The van der Waals surface area contributed by atoms with Crippen LogP contribution in [-0.2, 0) is 0 Å². The van der Waals surface area contributed by atoms with Crippen LogP contribution in [0.15, 0.2) is 24.5 Å². The zero-order valence-electron chi connectivity index (χ0n) is 7.57. The second-order valence-electron chi connectivity index (χ2n) is 3.25. The summed E-state index contributed by atoms with van der Waals surface area (Å²) in [5.74, 6) is -0.352. The highest BCUT2D eigenvalue weighted by atomic mass is 19.1. The maximum absolute atomic E-state index is 13.3. The number of β-amino-alcohol motifs (C(OH)–C–C–N with tert-alkyl or cyclic N) is 1. The molecular formula is C10H11FN2O. The third-order valence-electron chi connectivity index (χ3n) is 2.18. The fourth-order valence-electron chi connectivity index (χ4n) is 1.53. The maximum atomic E-state index is 13.3. The SMILES string of the molecule is OC1C=C(c2ccncc2F)CNC1. The third kappa shape index (κ3) is 1.81. The second kappa shape index (κ2) is 3.86. The zero-order chi connectivity index (χ0) is 9.97. The lowest BCUT2D eigenvalue weighted by molar-refractivity contribution is 0.217. The molecule has 2 heterocycles. The van der Waals surface area contributed by atoms with E-state index in [0.29, 0.717) is 18.7 Å². The summed E-state index contributed by atoms with van der Waals surface area (Å²) in [6.07, 6.45) is 3.86. The molecule has 14 heavy (non-hydrogen) atoms. The standard InChI is InChI=1S/C10H11FN2O/c11-10-6-12-2-1-9(10)7-3-8(14)5-13-4-7/h1-3,6,8,13-14H,4-5H2. The van der Waals surface area contributed by atoms with Gasteiger partial charge in [-0.15, -0.1) is 0 Å². The van der Waals surface area contributed by atoms with Crippen molar-refractivity contribution < 1.29 is 9.50 Å². The van der Waals surface area contributed by atoms with Crippen LogP contribution in [0.4, 0.5) is 4.39 Å². The Balaban J connectivity index is 2.35. The van der Waals surface area contributed by atoms with Crippen LogP contribution in [0.25, 0.3) is 5.57 Å². The van der Waals surface area contributed by atoms with Gasteiger partial charge < -0.3 is 10.4 Å². The van der Waals surface area contributed by atoms with Crippen molar-refractivity contribution in [2.45, 2.75) is 6.10 Å². The van der Waals surface area contributed by atoms with Gasteiger partial charge in [0, 0.05) is 24.8 Å². The van der Waals surface area contributed by atoms with E-state index >= 15 is 0 Å². The van der Waals surface area contributed by atoms with Crippen LogP contribution in [-0.4, -0.2) is 29.3 Å². The molecule has 3 nitrogen and oxygen atoms in total. The Bertz CT molecular complexity index is 365. The van der Waals surface area contributed by atoms with Crippen molar-refractivity contribution in [1.82, 2.24) is 10.3 Å². The topological polar surface area (TPSA) is 45.2 Å². The van der Waals surface area contributed by atoms with E-state index in [1.165, 1.54) is 6.20 Å². The Labute approximate surface area is 81.3 Å². The van der Waals surface area contributed by atoms with Crippen LogP contribution in [0, 0.1) is 5.82 Å². The van der Waals surface area contributed by atoms with Crippen molar-refractivity contribution >= 4 is 5.57 Å². The van der Waals surface area contributed by atoms with Crippen molar-refractivity contribution in [2.75, 3.05) is 13.1 Å². The monoisotopic (exact) mass is 194 g/mol. The van der Waals surface area contributed by atoms with Gasteiger partial charge in [-0.1, -0.05) is 0 Å². The molecule has 0 spiro atoms. The number of aromatic nitrogens is 1. The molecule has 1 atom stereocenters. The van der Waals surface area contributed by atoms with Crippen LogP contribution >= 0.6 is 0 Å². The molecule has 0 radical (unpaired) electrons. The molecule has 0 amide bonds. The molecule has 1 aliphatic rings. The first-order chi connectivity index (χ1) is 6.77. The van der Waals surface area contributed by atoms with E-state index < -0.39 is 6.10 Å². The molecule has 0 saturated carbocycles. The van der Waals surface area contributed by atoms with Crippen molar-refractivity contribution in [2.24, 2.45) is 0 Å². The molecule has 2 N–H and O–H groups in total. The average Bonchev–Trinajstić information content (AvgIpc) is 2.18. The molecular weight excluding hydrogens is 183 g/mol. The number of pyridine rings is 1. The molecule has 0 aromatic carbocycles. The smallest absolute Gasteiger partial charge is 0.149 e. The molecule has 1 aliphatic heterocycles. The Kier molecular flexibility index (Phi) is 2.56. The summed E-state index contributed by atoms with van der Waals surface area (Å²) in [4.78, 5) is 3.67. The minimum absolute atomic E-state index is 0.352. The average molecular weight is 194 g/mol. The maximum Gasteiger partial charge on any atom is 0.149 e. The molecule has 2 rings (SSSR count). The first-order valence-corrected chi connectivity index (χ1v) is 4.47. The normalized spacial score (nSPS) is 21.9. The van der Waals surface area contributed by atoms with Gasteiger partial charge in [0.1, 0.15) is 5.82 Å². The number of nitrogens with one attached hydrogen (secondary N) is 1. The fourth-order valence-corrected chi connectivity index (χ4v) is 1.53. The summed E-state index contributed by atoms with van der Waals surface area (Å²) in [6.45, 7) is 1.11. The highest BCUT2D eigenvalue weighted by Gasteiger charge is 2.14. The largest absolute Gasteiger partial charge is 0.388 e. The van der Waals surface area contributed by atoms with Crippen LogP contribution in [0.3, 0.4) is 0 Å². The van der Waals surface area contributed by atoms with Gasteiger partial charge in [0.05, 0.1) is 12.3 Å². The number of aliphatic hydroxyl groups is 1. The third-order valence-corrected chi connectivity index (χ3v) is 2.18. The molecule has 1 aromatic heterocycles. The van der Waals surface area contributed by atoms with Gasteiger partial charge in [-0.3, -0.25) is 4.98 Å². The first-order valence-electron chi connectivity index (χ1n) is 4.47. The Morgan fingerprint density at radius 2 is 2.43 bits per heavy atom. The molecule has 1 aromatic rings. The molecule has 0 aliphatic carbocycles. The number of hydrogen-bond donors (Lipinski definition) is 2. The minimum Gasteiger partial charge on any atom is -0.388 e. The molecule has 74 valence electrons. The number of halogens is 1. The molecule has 1 unspecified atom stereocenters. The number of nitrogens with zero attached hydrogens (tertiary/aromatic N) is 1.